The minimum atomic E-state index is 0.520. The lowest BCUT2D eigenvalue weighted by molar-refractivity contribution is 0.284. The molecule has 1 aromatic rings. The maximum Gasteiger partial charge on any atom is 0.108 e. The summed E-state index contributed by atoms with van der Waals surface area (Å²) in [6.07, 6.45) is 8.15. The number of furan rings is 1. The Morgan fingerprint density at radius 2 is 2.35 bits per heavy atom. The van der Waals surface area contributed by atoms with E-state index in [4.69, 9.17) is 4.42 Å². The first-order chi connectivity index (χ1) is 8.34. The first kappa shape index (κ1) is 11.3. The number of hydrogen-bond donors (Lipinski definition) is 1. The lowest BCUT2D eigenvalue weighted by atomic mass is 9.93. The lowest BCUT2D eigenvalue weighted by Gasteiger charge is -2.26. The zero-order valence-corrected chi connectivity index (χ0v) is 10.6. The van der Waals surface area contributed by atoms with Crippen LogP contribution in [0.1, 0.15) is 43.0 Å². The molecular formula is C14H22N2O. The van der Waals surface area contributed by atoms with Crippen molar-refractivity contribution >= 4 is 0 Å². The fraction of sp³-hybridized carbons (Fsp3) is 0.714. The van der Waals surface area contributed by atoms with Crippen molar-refractivity contribution in [3.05, 3.63) is 23.7 Å². The number of likely N-dealkylation sites (tertiary alicyclic amines) is 1. The van der Waals surface area contributed by atoms with Crippen LogP contribution in [0.25, 0.3) is 0 Å². The Morgan fingerprint density at radius 1 is 1.41 bits per heavy atom. The highest BCUT2D eigenvalue weighted by Gasteiger charge is 2.25. The molecule has 2 heterocycles. The van der Waals surface area contributed by atoms with Crippen molar-refractivity contribution in [2.75, 3.05) is 20.1 Å². The van der Waals surface area contributed by atoms with Crippen molar-refractivity contribution in [1.82, 2.24) is 10.2 Å². The van der Waals surface area contributed by atoms with Crippen LogP contribution in [0.2, 0.25) is 0 Å². The molecule has 0 radical (unpaired) electrons. The van der Waals surface area contributed by atoms with Crippen LogP contribution in [0.5, 0.6) is 0 Å². The summed E-state index contributed by atoms with van der Waals surface area (Å²) in [5, 5.41) is 3.73. The highest BCUT2D eigenvalue weighted by atomic mass is 16.3. The van der Waals surface area contributed by atoms with Gasteiger partial charge in [0.25, 0.3) is 0 Å². The Kier molecular flexibility index (Phi) is 3.21. The molecule has 3 nitrogen and oxygen atoms in total. The molecule has 1 aliphatic carbocycles. The number of nitrogens with one attached hydrogen (secondary N) is 1. The van der Waals surface area contributed by atoms with Crippen molar-refractivity contribution in [2.24, 2.45) is 0 Å². The molecule has 3 heteroatoms. The molecule has 0 spiro atoms. The number of rotatable bonds is 3. The van der Waals surface area contributed by atoms with E-state index in [1.54, 1.807) is 0 Å². The summed E-state index contributed by atoms with van der Waals surface area (Å²) in [5.41, 5.74) is 1.40. The normalized spacial score (nSPS) is 29.5. The highest BCUT2D eigenvalue weighted by molar-refractivity contribution is 5.24. The number of likely N-dealkylation sites (N-methyl/N-ethyl adjacent to an activating group) is 1. The Hall–Kier alpha value is -0.800. The van der Waals surface area contributed by atoms with Crippen molar-refractivity contribution in [3.8, 4) is 0 Å². The van der Waals surface area contributed by atoms with Crippen LogP contribution >= 0.6 is 0 Å². The third-order valence-corrected chi connectivity index (χ3v) is 4.32. The summed E-state index contributed by atoms with van der Waals surface area (Å²) in [6.45, 7) is 2.37. The zero-order valence-electron chi connectivity index (χ0n) is 10.6. The summed E-state index contributed by atoms with van der Waals surface area (Å²) < 4.78 is 5.53. The van der Waals surface area contributed by atoms with Gasteiger partial charge in [0.15, 0.2) is 0 Å². The van der Waals surface area contributed by atoms with Gasteiger partial charge in [-0.15, -0.1) is 0 Å². The van der Waals surface area contributed by atoms with Gasteiger partial charge in [0.05, 0.1) is 6.26 Å². The molecule has 1 N–H and O–H groups in total. The van der Waals surface area contributed by atoms with Crippen molar-refractivity contribution < 1.29 is 4.42 Å². The van der Waals surface area contributed by atoms with E-state index in [1.165, 1.54) is 43.6 Å². The summed E-state index contributed by atoms with van der Waals surface area (Å²) in [4.78, 5) is 2.48. The third-order valence-electron chi connectivity index (χ3n) is 4.32. The topological polar surface area (TPSA) is 28.4 Å². The van der Waals surface area contributed by atoms with Crippen LogP contribution in [0, 0.1) is 0 Å². The predicted octanol–water partition coefficient (Wildman–Crippen LogP) is 2.34. The van der Waals surface area contributed by atoms with Gasteiger partial charge in [0.1, 0.15) is 5.76 Å². The Bertz CT molecular complexity index is 374. The van der Waals surface area contributed by atoms with E-state index in [0.717, 1.165) is 19.0 Å². The smallest absolute Gasteiger partial charge is 0.108 e. The van der Waals surface area contributed by atoms with Crippen LogP contribution in [-0.4, -0.2) is 31.1 Å². The Labute approximate surface area is 103 Å². The fourth-order valence-corrected chi connectivity index (χ4v) is 3.21. The number of hydrogen-bond acceptors (Lipinski definition) is 3. The van der Waals surface area contributed by atoms with Gasteiger partial charge in [-0.25, -0.2) is 0 Å². The quantitative estimate of drug-likeness (QED) is 0.870. The van der Waals surface area contributed by atoms with Crippen molar-refractivity contribution in [2.45, 2.75) is 44.2 Å². The second-order valence-corrected chi connectivity index (χ2v) is 5.43. The van der Waals surface area contributed by atoms with Gasteiger partial charge in [-0.05, 0) is 45.3 Å². The Morgan fingerprint density at radius 3 is 3.18 bits per heavy atom. The molecule has 0 saturated carbocycles. The zero-order chi connectivity index (χ0) is 11.7. The number of nitrogens with zero attached hydrogens (tertiary/aromatic N) is 1. The monoisotopic (exact) mass is 234 g/mol. The molecule has 1 fully saturated rings. The molecule has 0 aromatic carbocycles. The number of fused-ring (bicyclic) bond motifs is 1. The van der Waals surface area contributed by atoms with E-state index >= 15 is 0 Å². The molecule has 1 saturated heterocycles. The second kappa shape index (κ2) is 4.83. The molecule has 1 aliphatic heterocycles. The van der Waals surface area contributed by atoms with Crippen LogP contribution in [0.3, 0.4) is 0 Å². The molecule has 17 heavy (non-hydrogen) atoms. The van der Waals surface area contributed by atoms with Crippen molar-refractivity contribution in [1.29, 1.82) is 0 Å². The van der Waals surface area contributed by atoms with Crippen LogP contribution in [0.4, 0.5) is 0 Å². The van der Waals surface area contributed by atoms with Crippen LogP contribution in [0.15, 0.2) is 16.7 Å². The highest BCUT2D eigenvalue weighted by Crippen LogP contribution is 2.30. The van der Waals surface area contributed by atoms with E-state index in [0.29, 0.717) is 6.04 Å². The average Bonchev–Trinajstić information content (AvgIpc) is 2.95. The summed E-state index contributed by atoms with van der Waals surface area (Å²) in [6, 6.07) is 3.39. The summed E-state index contributed by atoms with van der Waals surface area (Å²) in [7, 11) is 2.24. The van der Waals surface area contributed by atoms with Gasteiger partial charge in [-0.1, -0.05) is 0 Å². The molecule has 2 atom stereocenters. The number of aryl methyl sites for hydroxylation is 1. The molecule has 3 rings (SSSR count). The van der Waals surface area contributed by atoms with Gasteiger partial charge in [0.2, 0.25) is 0 Å². The van der Waals surface area contributed by atoms with Crippen LogP contribution in [-0.2, 0) is 6.42 Å². The van der Waals surface area contributed by atoms with E-state index in [1.807, 2.05) is 6.26 Å². The van der Waals surface area contributed by atoms with Gasteiger partial charge in [-0.3, -0.25) is 0 Å². The van der Waals surface area contributed by atoms with Gasteiger partial charge in [-0.2, -0.15) is 0 Å². The third kappa shape index (κ3) is 2.26. The maximum atomic E-state index is 5.53. The Balaban J connectivity index is 1.60. The lowest BCUT2D eigenvalue weighted by Crippen LogP contribution is -2.37. The molecule has 0 bridgehead atoms. The van der Waals surface area contributed by atoms with E-state index < -0.39 is 0 Å². The summed E-state index contributed by atoms with van der Waals surface area (Å²) >= 11 is 0. The molecule has 2 unspecified atom stereocenters. The minimum Gasteiger partial charge on any atom is -0.469 e. The largest absolute Gasteiger partial charge is 0.469 e. The first-order valence-electron chi connectivity index (χ1n) is 6.84. The van der Waals surface area contributed by atoms with Crippen molar-refractivity contribution in [3.63, 3.8) is 0 Å². The van der Waals surface area contributed by atoms with Gasteiger partial charge in [0, 0.05) is 30.6 Å². The minimum absolute atomic E-state index is 0.520. The van der Waals surface area contributed by atoms with E-state index in [-0.39, 0.29) is 0 Å². The standard InChI is InChI=1S/C14H22N2O/c1-16-8-3-4-11(16)10-15-13-5-2-6-14-12(13)7-9-17-14/h7,9,11,13,15H,2-6,8,10H2,1H3. The fourth-order valence-electron chi connectivity index (χ4n) is 3.21. The van der Waals surface area contributed by atoms with E-state index in [9.17, 15) is 0 Å². The second-order valence-electron chi connectivity index (χ2n) is 5.43. The van der Waals surface area contributed by atoms with Gasteiger partial charge >= 0.3 is 0 Å². The SMILES string of the molecule is CN1CCCC1CNC1CCCc2occc21. The molecular weight excluding hydrogens is 212 g/mol. The van der Waals surface area contributed by atoms with E-state index in [2.05, 4.69) is 23.3 Å². The molecule has 94 valence electrons. The maximum absolute atomic E-state index is 5.53. The van der Waals surface area contributed by atoms with Gasteiger partial charge < -0.3 is 14.6 Å². The van der Waals surface area contributed by atoms with Crippen LogP contribution < -0.4 is 5.32 Å². The molecule has 0 amide bonds. The predicted molar refractivity (Wildman–Crippen MR) is 68.0 cm³/mol. The summed E-state index contributed by atoms with van der Waals surface area (Å²) in [5.74, 6) is 1.20. The first-order valence-corrected chi connectivity index (χ1v) is 6.84. The molecule has 2 aliphatic rings. The average molecular weight is 234 g/mol. The molecule has 1 aromatic heterocycles.